The summed E-state index contributed by atoms with van der Waals surface area (Å²) < 4.78 is 6.19. The fourth-order valence-electron chi connectivity index (χ4n) is 3.82. The highest BCUT2D eigenvalue weighted by molar-refractivity contribution is 7.71. The monoisotopic (exact) mass is 422 g/mol. The Morgan fingerprint density at radius 1 is 1.07 bits per heavy atom. The summed E-state index contributed by atoms with van der Waals surface area (Å²) in [5.74, 6) is 1.12. The summed E-state index contributed by atoms with van der Waals surface area (Å²) in [6, 6.07) is 18.0. The van der Waals surface area contributed by atoms with Crippen molar-refractivity contribution in [3.8, 4) is 0 Å². The molecule has 4 rings (SSSR count). The van der Waals surface area contributed by atoms with Gasteiger partial charge in [-0.25, -0.2) is 0 Å². The smallest absolute Gasteiger partial charge is 0.262 e. The lowest BCUT2D eigenvalue weighted by atomic mass is 10.1. The van der Waals surface area contributed by atoms with E-state index in [0.29, 0.717) is 35.1 Å². The molecule has 2 aromatic heterocycles. The van der Waals surface area contributed by atoms with Crippen LogP contribution in [0.15, 0.2) is 59.4 Å². The van der Waals surface area contributed by atoms with Crippen molar-refractivity contribution >= 4 is 28.9 Å². The molecule has 2 heterocycles. The van der Waals surface area contributed by atoms with Crippen LogP contribution in [-0.2, 0) is 19.8 Å². The molecule has 0 saturated heterocycles. The number of para-hydroxylation sites is 1. The second-order valence-corrected chi connectivity index (χ2v) is 8.72. The molecule has 1 atom stereocenters. The van der Waals surface area contributed by atoms with E-state index in [1.165, 1.54) is 10.5 Å². The van der Waals surface area contributed by atoms with Crippen LogP contribution in [0.1, 0.15) is 25.8 Å². The van der Waals surface area contributed by atoms with Crippen LogP contribution in [0, 0.1) is 10.7 Å². The molecule has 1 unspecified atom stereocenters. The molecule has 0 aliphatic carbocycles. The Labute approximate surface area is 181 Å². The lowest BCUT2D eigenvalue weighted by Gasteiger charge is -2.13. The van der Waals surface area contributed by atoms with Crippen LogP contribution in [0.4, 0.5) is 0 Å². The summed E-state index contributed by atoms with van der Waals surface area (Å²) >= 11 is 5.81. The van der Waals surface area contributed by atoms with Crippen LogP contribution in [0.25, 0.3) is 16.7 Å². The molecule has 30 heavy (non-hydrogen) atoms. The third-order valence-corrected chi connectivity index (χ3v) is 5.78. The fourth-order valence-corrected chi connectivity index (χ4v) is 4.10. The van der Waals surface area contributed by atoms with E-state index in [9.17, 15) is 4.79 Å². The number of nitrogens with one attached hydrogen (secondary N) is 1. The molecule has 6 nitrogen and oxygen atoms in total. The first-order valence-electron chi connectivity index (χ1n) is 10.4. The van der Waals surface area contributed by atoms with Crippen molar-refractivity contribution in [2.75, 3.05) is 7.05 Å². The highest BCUT2D eigenvalue weighted by atomic mass is 32.1. The molecule has 156 valence electrons. The summed E-state index contributed by atoms with van der Waals surface area (Å²) in [6.07, 6.45) is 0.909. The minimum atomic E-state index is -0.00381. The van der Waals surface area contributed by atoms with Gasteiger partial charge in [0.25, 0.3) is 5.56 Å². The molecule has 1 N–H and O–H groups in total. The Hall–Kier alpha value is -2.77. The van der Waals surface area contributed by atoms with E-state index < -0.39 is 0 Å². The van der Waals surface area contributed by atoms with Gasteiger partial charge in [-0.05, 0) is 36.7 Å². The van der Waals surface area contributed by atoms with Crippen molar-refractivity contribution < 1.29 is 4.90 Å². The number of rotatable bonds is 7. The molecule has 0 bridgehead atoms. The summed E-state index contributed by atoms with van der Waals surface area (Å²) in [5.41, 5.74) is 2.08. The lowest BCUT2D eigenvalue weighted by molar-refractivity contribution is -0.917. The van der Waals surface area contributed by atoms with Gasteiger partial charge in [0.2, 0.25) is 10.5 Å². The fraction of sp³-hybridized carbons (Fsp3) is 0.348. The van der Waals surface area contributed by atoms with Gasteiger partial charge >= 0.3 is 0 Å². The number of benzene rings is 2. The minimum absolute atomic E-state index is 0.00381. The molecule has 0 amide bonds. The van der Waals surface area contributed by atoms with Gasteiger partial charge in [-0.2, -0.15) is 4.68 Å². The molecule has 0 aliphatic heterocycles. The van der Waals surface area contributed by atoms with Crippen molar-refractivity contribution in [3.63, 3.8) is 0 Å². The molecule has 0 fully saturated rings. The number of aryl methyl sites for hydroxylation is 1. The standard InChI is InChI=1S/C23H27N5OS/c1-17(2)13-14-26-21(29)19-11-7-8-12-20(19)28-22(26)24-27(23(28)30)16-25(3)15-18-9-5-4-6-10-18/h4-12,17H,13-16H2,1-3H3/p+1. The van der Waals surface area contributed by atoms with Gasteiger partial charge in [0.15, 0.2) is 6.67 Å². The molecule has 2 aromatic carbocycles. The normalized spacial score (nSPS) is 12.8. The Bertz CT molecular complexity index is 1290. The van der Waals surface area contributed by atoms with Gasteiger partial charge in [0.1, 0.15) is 6.54 Å². The summed E-state index contributed by atoms with van der Waals surface area (Å²) in [6.45, 7) is 6.45. The first kappa shape index (κ1) is 20.5. The van der Waals surface area contributed by atoms with Crippen molar-refractivity contribution in [1.29, 1.82) is 0 Å². The van der Waals surface area contributed by atoms with E-state index in [-0.39, 0.29) is 5.56 Å². The number of fused-ring (bicyclic) bond motifs is 3. The zero-order valence-corrected chi connectivity index (χ0v) is 18.5. The second-order valence-electron chi connectivity index (χ2n) is 8.35. The number of aromatic nitrogens is 4. The van der Waals surface area contributed by atoms with Crippen molar-refractivity contribution in [2.24, 2.45) is 5.92 Å². The van der Waals surface area contributed by atoms with Gasteiger partial charge in [0, 0.05) is 12.1 Å². The Morgan fingerprint density at radius 2 is 1.77 bits per heavy atom. The van der Waals surface area contributed by atoms with Crippen LogP contribution >= 0.6 is 12.2 Å². The van der Waals surface area contributed by atoms with Crippen LogP contribution in [0.2, 0.25) is 0 Å². The molecule has 0 radical (unpaired) electrons. The largest absolute Gasteiger partial charge is 0.315 e. The van der Waals surface area contributed by atoms with Crippen LogP contribution < -0.4 is 10.5 Å². The van der Waals surface area contributed by atoms with Crippen molar-refractivity contribution in [2.45, 2.75) is 40.0 Å². The van der Waals surface area contributed by atoms with E-state index in [1.54, 1.807) is 4.57 Å². The van der Waals surface area contributed by atoms with E-state index >= 15 is 0 Å². The Kier molecular flexibility index (Phi) is 5.83. The van der Waals surface area contributed by atoms with Crippen LogP contribution in [0.5, 0.6) is 0 Å². The van der Waals surface area contributed by atoms with E-state index in [4.69, 9.17) is 17.3 Å². The van der Waals surface area contributed by atoms with Gasteiger partial charge < -0.3 is 4.90 Å². The topological polar surface area (TPSA) is 48.7 Å². The van der Waals surface area contributed by atoms with E-state index in [0.717, 1.165) is 18.5 Å². The summed E-state index contributed by atoms with van der Waals surface area (Å²) in [7, 11) is 2.13. The average molecular weight is 423 g/mol. The first-order chi connectivity index (χ1) is 14.5. The number of hydrogen-bond donors (Lipinski definition) is 1. The lowest BCUT2D eigenvalue weighted by Crippen LogP contribution is -3.07. The van der Waals surface area contributed by atoms with Gasteiger partial charge in [-0.15, -0.1) is 5.10 Å². The highest BCUT2D eigenvalue weighted by Gasteiger charge is 2.17. The molecule has 0 aliphatic rings. The van der Waals surface area contributed by atoms with E-state index in [1.807, 2.05) is 39.4 Å². The molecule has 7 heteroatoms. The van der Waals surface area contributed by atoms with Crippen LogP contribution in [-0.4, -0.2) is 25.8 Å². The number of quaternary nitrogens is 1. The van der Waals surface area contributed by atoms with E-state index in [2.05, 4.69) is 45.2 Å². The predicted octanol–water partition coefficient (Wildman–Crippen LogP) is 2.90. The maximum atomic E-state index is 13.2. The zero-order valence-electron chi connectivity index (χ0n) is 17.7. The maximum absolute atomic E-state index is 13.2. The van der Waals surface area contributed by atoms with Gasteiger partial charge in [0.05, 0.1) is 18.0 Å². The number of hydrogen-bond acceptors (Lipinski definition) is 3. The zero-order chi connectivity index (χ0) is 21.3. The molecular weight excluding hydrogens is 394 g/mol. The van der Waals surface area contributed by atoms with Crippen LogP contribution in [0.3, 0.4) is 0 Å². The predicted molar refractivity (Wildman–Crippen MR) is 122 cm³/mol. The minimum Gasteiger partial charge on any atom is -0.315 e. The summed E-state index contributed by atoms with van der Waals surface area (Å²) in [5, 5.41) is 5.48. The molecule has 4 aromatic rings. The van der Waals surface area contributed by atoms with Crippen molar-refractivity contribution in [3.05, 3.63) is 75.3 Å². The Morgan fingerprint density at radius 3 is 2.50 bits per heavy atom. The third kappa shape index (κ3) is 3.95. The maximum Gasteiger partial charge on any atom is 0.262 e. The number of nitrogens with zero attached hydrogens (tertiary/aromatic N) is 4. The SMILES string of the molecule is CC(C)CCn1c(=O)c2ccccc2n2c(=S)n(C[NH+](C)Cc3ccccc3)nc12. The molecular formula is C23H28N5OS+. The quantitative estimate of drug-likeness (QED) is 0.466. The van der Waals surface area contributed by atoms with Gasteiger partial charge in [-0.3, -0.25) is 13.8 Å². The summed E-state index contributed by atoms with van der Waals surface area (Å²) in [4.78, 5) is 14.5. The third-order valence-electron chi connectivity index (χ3n) is 5.38. The molecule has 0 saturated carbocycles. The first-order valence-corrected chi connectivity index (χ1v) is 10.8. The Balaban J connectivity index is 1.80. The average Bonchev–Trinajstić information content (AvgIpc) is 3.04. The van der Waals surface area contributed by atoms with Gasteiger partial charge in [-0.1, -0.05) is 56.3 Å². The highest BCUT2D eigenvalue weighted by Crippen LogP contribution is 2.15. The second kappa shape index (κ2) is 8.53. The van der Waals surface area contributed by atoms with Crippen molar-refractivity contribution in [1.82, 2.24) is 18.7 Å². The molecule has 0 spiro atoms.